The minimum Gasteiger partial charge on any atom is -0.313 e. The lowest BCUT2D eigenvalue weighted by atomic mass is 10.1. The molecule has 2 aromatic rings. The first kappa shape index (κ1) is 13.4. The van der Waals surface area contributed by atoms with E-state index in [1.807, 2.05) is 11.8 Å². The Balaban J connectivity index is 1.95. The molecule has 0 aliphatic rings. The molecule has 1 nitrogen and oxygen atoms in total. The minimum atomic E-state index is 0.571. The number of nitrogens with one attached hydrogen (secondary N) is 1. The summed E-state index contributed by atoms with van der Waals surface area (Å²) in [7, 11) is 0. The van der Waals surface area contributed by atoms with Gasteiger partial charge in [-0.2, -0.15) is 0 Å². The molecular formula is C16H21NS. The van der Waals surface area contributed by atoms with Gasteiger partial charge < -0.3 is 5.32 Å². The van der Waals surface area contributed by atoms with Gasteiger partial charge in [-0.15, -0.1) is 11.8 Å². The summed E-state index contributed by atoms with van der Waals surface area (Å²) in [5, 5.41) is 6.17. The Morgan fingerprint density at radius 2 is 1.89 bits per heavy atom. The lowest BCUT2D eigenvalue weighted by molar-refractivity contribution is 0.590. The van der Waals surface area contributed by atoms with Crippen LogP contribution < -0.4 is 5.32 Å². The SMILES string of the molecule is CCCNC(C)CSc1ccc2ccccc2c1. The fourth-order valence-corrected chi connectivity index (χ4v) is 2.86. The Labute approximate surface area is 114 Å². The Hall–Kier alpha value is -0.990. The van der Waals surface area contributed by atoms with E-state index < -0.39 is 0 Å². The molecule has 2 rings (SSSR count). The van der Waals surface area contributed by atoms with Crippen LogP contribution in [-0.2, 0) is 0 Å². The van der Waals surface area contributed by atoms with Gasteiger partial charge in [0, 0.05) is 16.7 Å². The van der Waals surface area contributed by atoms with Gasteiger partial charge in [-0.3, -0.25) is 0 Å². The van der Waals surface area contributed by atoms with Crippen molar-refractivity contribution in [2.75, 3.05) is 12.3 Å². The second-order valence-electron chi connectivity index (χ2n) is 4.68. The molecule has 0 amide bonds. The molecule has 1 N–H and O–H groups in total. The average Bonchev–Trinajstić information content (AvgIpc) is 2.42. The first-order chi connectivity index (χ1) is 8.79. The molecule has 1 unspecified atom stereocenters. The lowest BCUT2D eigenvalue weighted by Crippen LogP contribution is -2.28. The van der Waals surface area contributed by atoms with Crippen molar-refractivity contribution in [1.29, 1.82) is 0 Å². The van der Waals surface area contributed by atoms with E-state index in [1.54, 1.807) is 0 Å². The Morgan fingerprint density at radius 3 is 2.67 bits per heavy atom. The van der Waals surface area contributed by atoms with E-state index in [9.17, 15) is 0 Å². The van der Waals surface area contributed by atoms with E-state index in [-0.39, 0.29) is 0 Å². The van der Waals surface area contributed by atoms with Gasteiger partial charge in [0.2, 0.25) is 0 Å². The molecular weight excluding hydrogens is 238 g/mol. The number of rotatable bonds is 6. The van der Waals surface area contributed by atoms with Crippen LogP contribution in [-0.4, -0.2) is 18.3 Å². The van der Waals surface area contributed by atoms with E-state index in [0.29, 0.717) is 6.04 Å². The van der Waals surface area contributed by atoms with Crippen molar-refractivity contribution in [2.24, 2.45) is 0 Å². The highest BCUT2D eigenvalue weighted by atomic mass is 32.2. The molecule has 0 saturated carbocycles. The van der Waals surface area contributed by atoms with Gasteiger partial charge in [0.25, 0.3) is 0 Å². The fraction of sp³-hybridized carbons (Fsp3) is 0.375. The van der Waals surface area contributed by atoms with Gasteiger partial charge in [0.15, 0.2) is 0 Å². The maximum absolute atomic E-state index is 3.52. The Bertz CT molecular complexity index is 495. The molecule has 96 valence electrons. The van der Waals surface area contributed by atoms with Crippen molar-refractivity contribution >= 4 is 22.5 Å². The summed E-state index contributed by atoms with van der Waals surface area (Å²) in [6.45, 7) is 5.57. The molecule has 2 heteroatoms. The predicted molar refractivity (Wildman–Crippen MR) is 82.4 cm³/mol. The van der Waals surface area contributed by atoms with E-state index in [0.717, 1.165) is 12.3 Å². The molecule has 0 aliphatic heterocycles. The third kappa shape index (κ3) is 3.76. The highest BCUT2D eigenvalue weighted by molar-refractivity contribution is 7.99. The van der Waals surface area contributed by atoms with Crippen LogP contribution in [0.25, 0.3) is 10.8 Å². The molecule has 0 spiro atoms. The van der Waals surface area contributed by atoms with Crippen LogP contribution in [0, 0.1) is 0 Å². The molecule has 0 bridgehead atoms. The minimum absolute atomic E-state index is 0.571. The van der Waals surface area contributed by atoms with E-state index in [4.69, 9.17) is 0 Å². The number of hydrogen-bond donors (Lipinski definition) is 1. The van der Waals surface area contributed by atoms with Crippen molar-refractivity contribution in [3.63, 3.8) is 0 Å². The summed E-state index contributed by atoms with van der Waals surface area (Å²) >= 11 is 1.93. The van der Waals surface area contributed by atoms with Gasteiger partial charge in [0.05, 0.1) is 0 Å². The summed E-state index contributed by atoms with van der Waals surface area (Å²) in [6.07, 6.45) is 1.20. The van der Waals surface area contributed by atoms with E-state index in [1.165, 1.54) is 22.1 Å². The smallest absolute Gasteiger partial charge is 0.0133 e. The Morgan fingerprint density at radius 1 is 1.11 bits per heavy atom. The normalized spacial score (nSPS) is 12.8. The van der Waals surface area contributed by atoms with Gasteiger partial charge in [-0.1, -0.05) is 37.3 Å². The third-order valence-corrected chi connectivity index (χ3v) is 4.22. The molecule has 0 saturated heterocycles. The number of hydrogen-bond acceptors (Lipinski definition) is 2. The van der Waals surface area contributed by atoms with Crippen molar-refractivity contribution in [1.82, 2.24) is 5.32 Å². The first-order valence-electron chi connectivity index (χ1n) is 6.64. The predicted octanol–water partition coefficient (Wildman–Crippen LogP) is 4.32. The monoisotopic (exact) mass is 259 g/mol. The summed E-state index contributed by atoms with van der Waals surface area (Å²) < 4.78 is 0. The van der Waals surface area contributed by atoms with E-state index in [2.05, 4.69) is 61.6 Å². The van der Waals surface area contributed by atoms with Crippen LogP contribution in [0.4, 0.5) is 0 Å². The molecule has 1 atom stereocenters. The maximum Gasteiger partial charge on any atom is 0.0133 e. The second kappa shape index (κ2) is 6.81. The van der Waals surface area contributed by atoms with Gasteiger partial charge in [0.1, 0.15) is 0 Å². The van der Waals surface area contributed by atoms with Crippen LogP contribution in [0.15, 0.2) is 47.4 Å². The molecule has 0 heterocycles. The standard InChI is InChI=1S/C16H21NS/c1-3-10-17-13(2)12-18-16-9-8-14-6-4-5-7-15(14)11-16/h4-9,11,13,17H,3,10,12H2,1-2H3. The van der Waals surface area contributed by atoms with Crippen molar-refractivity contribution in [3.8, 4) is 0 Å². The summed E-state index contributed by atoms with van der Waals surface area (Å²) in [4.78, 5) is 1.36. The topological polar surface area (TPSA) is 12.0 Å². The average molecular weight is 259 g/mol. The van der Waals surface area contributed by atoms with Crippen molar-refractivity contribution in [3.05, 3.63) is 42.5 Å². The maximum atomic E-state index is 3.52. The van der Waals surface area contributed by atoms with Gasteiger partial charge >= 0.3 is 0 Å². The zero-order valence-corrected chi connectivity index (χ0v) is 12.0. The molecule has 2 aromatic carbocycles. The van der Waals surface area contributed by atoms with Crippen LogP contribution in [0.1, 0.15) is 20.3 Å². The van der Waals surface area contributed by atoms with Crippen LogP contribution in [0.5, 0.6) is 0 Å². The second-order valence-corrected chi connectivity index (χ2v) is 5.77. The zero-order chi connectivity index (χ0) is 12.8. The van der Waals surface area contributed by atoms with Gasteiger partial charge in [-0.25, -0.2) is 0 Å². The summed E-state index contributed by atoms with van der Waals surface area (Å²) in [6, 6.07) is 15.8. The third-order valence-electron chi connectivity index (χ3n) is 2.96. The molecule has 0 fully saturated rings. The highest BCUT2D eigenvalue weighted by Crippen LogP contribution is 2.24. The quantitative estimate of drug-likeness (QED) is 0.775. The number of benzene rings is 2. The van der Waals surface area contributed by atoms with Crippen LogP contribution in [0.3, 0.4) is 0 Å². The molecule has 0 radical (unpaired) electrons. The summed E-state index contributed by atoms with van der Waals surface area (Å²) in [5.41, 5.74) is 0. The van der Waals surface area contributed by atoms with Crippen LogP contribution >= 0.6 is 11.8 Å². The highest BCUT2D eigenvalue weighted by Gasteiger charge is 2.02. The van der Waals surface area contributed by atoms with Crippen molar-refractivity contribution < 1.29 is 0 Å². The van der Waals surface area contributed by atoms with Gasteiger partial charge in [-0.05, 0) is 42.8 Å². The number of thioether (sulfide) groups is 1. The summed E-state index contributed by atoms with van der Waals surface area (Å²) in [5.74, 6) is 1.12. The first-order valence-corrected chi connectivity index (χ1v) is 7.63. The molecule has 0 aromatic heterocycles. The fourth-order valence-electron chi connectivity index (χ4n) is 1.93. The van der Waals surface area contributed by atoms with E-state index >= 15 is 0 Å². The zero-order valence-electron chi connectivity index (χ0n) is 11.1. The number of fused-ring (bicyclic) bond motifs is 1. The molecule has 0 aliphatic carbocycles. The molecule has 18 heavy (non-hydrogen) atoms. The lowest BCUT2D eigenvalue weighted by Gasteiger charge is -2.12. The van der Waals surface area contributed by atoms with Crippen molar-refractivity contribution in [2.45, 2.75) is 31.2 Å². The Kier molecular flexibility index (Phi) is 5.09. The van der Waals surface area contributed by atoms with Crippen LogP contribution in [0.2, 0.25) is 0 Å². The largest absolute Gasteiger partial charge is 0.313 e.